The Hall–Kier alpha value is -0.910. The summed E-state index contributed by atoms with van der Waals surface area (Å²) in [6.45, 7) is 0.966. The fourth-order valence-electron chi connectivity index (χ4n) is 1.50. The Kier molecular flexibility index (Phi) is 3.35. The Bertz CT molecular complexity index is 357. The van der Waals surface area contributed by atoms with Crippen LogP contribution in [0.4, 0.5) is 0 Å². The maximum absolute atomic E-state index is 5.43. The molecule has 1 aliphatic rings. The van der Waals surface area contributed by atoms with Crippen molar-refractivity contribution in [1.29, 1.82) is 0 Å². The van der Waals surface area contributed by atoms with Crippen LogP contribution in [0.3, 0.4) is 0 Å². The van der Waals surface area contributed by atoms with Gasteiger partial charge in [-0.15, -0.1) is 11.8 Å². The molecular weight excluding hydrogens is 214 g/mol. The molecule has 0 aliphatic carbocycles. The number of ether oxygens (including phenoxy) is 2. The molecule has 15 heavy (non-hydrogen) atoms. The molecule has 0 saturated carbocycles. The van der Waals surface area contributed by atoms with Crippen LogP contribution in [0.15, 0.2) is 17.0 Å². The number of benzene rings is 1. The molecule has 0 amide bonds. The third-order valence-corrected chi connectivity index (χ3v) is 3.04. The molecule has 4 nitrogen and oxygen atoms in total. The second-order valence-corrected chi connectivity index (χ2v) is 3.83. The zero-order valence-electron chi connectivity index (χ0n) is 8.70. The quantitative estimate of drug-likeness (QED) is 0.627. The van der Waals surface area contributed by atoms with Gasteiger partial charge in [0.2, 0.25) is 6.79 Å². The lowest BCUT2D eigenvalue weighted by Crippen LogP contribution is -2.11. The van der Waals surface area contributed by atoms with Crippen LogP contribution in [-0.4, -0.2) is 20.2 Å². The molecule has 0 spiro atoms. The van der Waals surface area contributed by atoms with Gasteiger partial charge in [0.25, 0.3) is 0 Å². The van der Waals surface area contributed by atoms with Gasteiger partial charge in [0.15, 0.2) is 11.5 Å². The van der Waals surface area contributed by atoms with Gasteiger partial charge in [-0.3, -0.25) is 0 Å². The molecule has 1 heterocycles. The fourth-order valence-corrected chi connectivity index (χ4v) is 2.25. The maximum Gasteiger partial charge on any atom is 0.231 e. The van der Waals surface area contributed by atoms with Gasteiger partial charge in [0.05, 0.1) is 12.0 Å². The molecule has 1 aromatic rings. The Morgan fingerprint density at radius 3 is 3.07 bits per heavy atom. The number of hydrogen-bond donors (Lipinski definition) is 1. The van der Waals surface area contributed by atoms with Crippen LogP contribution in [0.5, 0.6) is 11.5 Å². The molecule has 0 fully saturated rings. The minimum atomic E-state index is 0.310. The Labute approximate surface area is 92.9 Å². The summed E-state index contributed by atoms with van der Waals surface area (Å²) in [5.41, 5.74) is 3.97. The van der Waals surface area contributed by atoms with Crippen molar-refractivity contribution in [3.8, 4) is 11.5 Å². The van der Waals surface area contributed by atoms with Crippen molar-refractivity contribution in [2.24, 2.45) is 0 Å². The maximum atomic E-state index is 5.43. The molecule has 82 valence electrons. The molecule has 0 unspecified atom stereocenters. The largest absolute Gasteiger partial charge is 0.454 e. The Morgan fingerprint density at radius 1 is 1.47 bits per heavy atom. The minimum Gasteiger partial charge on any atom is -0.454 e. The van der Waals surface area contributed by atoms with E-state index < -0.39 is 0 Å². The van der Waals surface area contributed by atoms with Crippen molar-refractivity contribution in [3.05, 3.63) is 17.7 Å². The van der Waals surface area contributed by atoms with Crippen molar-refractivity contribution in [2.75, 3.05) is 20.2 Å². The molecule has 1 aromatic carbocycles. The number of fused-ring (bicyclic) bond motifs is 1. The van der Waals surface area contributed by atoms with Crippen LogP contribution in [-0.2, 0) is 11.4 Å². The molecule has 2 rings (SSSR count). The highest BCUT2D eigenvalue weighted by Gasteiger charge is 2.19. The van der Waals surface area contributed by atoms with Crippen molar-refractivity contribution < 1.29 is 14.3 Å². The summed E-state index contributed by atoms with van der Waals surface area (Å²) in [6, 6.07) is 3.94. The zero-order chi connectivity index (χ0) is 10.7. The average molecular weight is 227 g/mol. The second-order valence-electron chi connectivity index (χ2n) is 3.02. The highest BCUT2D eigenvalue weighted by Crippen LogP contribution is 2.42. The number of nitrogens with one attached hydrogen (secondary N) is 1. The molecule has 0 atom stereocenters. The summed E-state index contributed by atoms with van der Waals surface area (Å²) in [5.74, 6) is 1.67. The predicted molar refractivity (Wildman–Crippen MR) is 58.2 cm³/mol. The van der Waals surface area contributed by atoms with E-state index in [0.717, 1.165) is 22.0 Å². The Morgan fingerprint density at radius 2 is 2.33 bits per heavy atom. The highest BCUT2D eigenvalue weighted by molar-refractivity contribution is 7.98. The van der Waals surface area contributed by atoms with Crippen LogP contribution in [0.2, 0.25) is 0 Å². The van der Waals surface area contributed by atoms with E-state index in [-0.39, 0.29) is 0 Å². The smallest absolute Gasteiger partial charge is 0.231 e. The summed E-state index contributed by atoms with van der Waals surface area (Å²) in [4.78, 5) is 5.94. The molecule has 1 aliphatic heterocycles. The van der Waals surface area contributed by atoms with E-state index in [1.165, 1.54) is 0 Å². The third kappa shape index (κ3) is 2.04. The summed E-state index contributed by atoms with van der Waals surface area (Å²) in [5, 5.41) is 0. The van der Waals surface area contributed by atoms with E-state index in [2.05, 4.69) is 5.48 Å². The van der Waals surface area contributed by atoms with Gasteiger partial charge in [-0.25, -0.2) is 0 Å². The van der Waals surface area contributed by atoms with Crippen LogP contribution >= 0.6 is 11.8 Å². The lowest BCUT2D eigenvalue weighted by molar-refractivity contribution is 0.0861. The highest BCUT2D eigenvalue weighted by atomic mass is 32.2. The zero-order valence-corrected chi connectivity index (χ0v) is 9.52. The summed E-state index contributed by atoms with van der Waals surface area (Å²) in [6.07, 6.45) is 2.02. The molecule has 0 saturated heterocycles. The predicted octanol–water partition coefficient (Wildman–Crippen LogP) is 1.79. The van der Waals surface area contributed by atoms with Crippen molar-refractivity contribution in [1.82, 2.24) is 5.48 Å². The van der Waals surface area contributed by atoms with Crippen molar-refractivity contribution >= 4 is 11.8 Å². The summed E-state index contributed by atoms with van der Waals surface area (Å²) in [7, 11) is 1.60. The van der Waals surface area contributed by atoms with E-state index in [1.54, 1.807) is 18.9 Å². The fraction of sp³-hybridized carbons (Fsp3) is 0.400. The number of hydrogen-bond acceptors (Lipinski definition) is 5. The van der Waals surface area contributed by atoms with Gasteiger partial charge in [-0.05, 0) is 17.9 Å². The second kappa shape index (κ2) is 4.74. The van der Waals surface area contributed by atoms with Crippen molar-refractivity contribution in [2.45, 2.75) is 11.4 Å². The SMILES string of the molecule is CONCc1ccc2c(c1SC)OCO2. The lowest BCUT2D eigenvalue weighted by Gasteiger charge is -2.10. The Balaban J connectivity index is 2.30. The molecule has 0 bridgehead atoms. The summed E-state index contributed by atoms with van der Waals surface area (Å²) < 4.78 is 10.7. The number of rotatable bonds is 4. The first kappa shape index (κ1) is 10.6. The molecule has 0 aromatic heterocycles. The van der Waals surface area contributed by atoms with E-state index in [4.69, 9.17) is 14.3 Å². The first-order valence-electron chi connectivity index (χ1n) is 4.58. The van der Waals surface area contributed by atoms with Gasteiger partial charge in [0.1, 0.15) is 0 Å². The molecular formula is C10H13NO3S. The van der Waals surface area contributed by atoms with Gasteiger partial charge in [0, 0.05) is 6.54 Å². The molecule has 1 N–H and O–H groups in total. The standard InChI is InChI=1S/C10H13NO3S/c1-12-11-5-7-3-4-8-9(10(7)15-2)14-6-13-8/h3-4,11H,5-6H2,1-2H3. The van der Waals surface area contributed by atoms with E-state index in [1.807, 2.05) is 18.4 Å². The van der Waals surface area contributed by atoms with E-state index in [0.29, 0.717) is 13.3 Å². The summed E-state index contributed by atoms with van der Waals surface area (Å²) >= 11 is 1.65. The third-order valence-electron chi connectivity index (χ3n) is 2.19. The van der Waals surface area contributed by atoms with E-state index >= 15 is 0 Å². The minimum absolute atomic E-state index is 0.310. The molecule has 5 heteroatoms. The van der Waals surface area contributed by atoms with Crippen LogP contribution in [0, 0.1) is 0 Å². The number of hydroxylamine groups is 1. The first-order chi connectivity index (χ1) is 7.36. The van der Waals surface area contributed by atoms with Crippen LogP contribution < -0.4 is 15.0 Å². The van der Waals surface area contributed by atoms with Gasteiger partial charge < -0.3 is 14.3 Å². The average Bonchev–Trinajstić information content (AvgIpc) is 2.73. The lowest BCUT2D eigenvalue weighted by atomic mass is 10.2. The van der Waals surface area contributed by atoms with Gasteiger partial charge >= 0.3 is 0 Å². The normalized spacial score (nSPS) is 13.2. The van der Waals surface area contributed by atoms with E-state index in [9.17, 15) is 0 Å². The van der Waals surface area contributed by atoms with Crippen LogP contribution in [0.1, 0.15) is 5.56 Å². The van der Waals surface area contributed by atoms with Crippen molar-refractivity contribution in [3.63, 3.8) is 0 Å². The van der Waals surface area contributed by atoms with Gasteiger partial charge in [-0.1, -0.05) is 6.07 Å². The first-order valence-corrected chi connectivity index (χ1v) is 5.80. The topological polar surface area (TPSA) is 39.7 Å². The van der Waals surface area contributed by atoms with Gasteiger partial charge in [-0.2, -0.15) is 5.48 Å². The molecule has 0 radical (unpaired) electrons. The number of thioether (sulfide) groups is 1. The monoisotopic (exact) mass is 227 g/mol. The van der Waals surface area contributed by atoms with Crippen LogP contribution in [0.25, 0.3) is 0 Å².